The summed E-state index contributed by atoms with van der Waals surface area (Å²) in [4.78, 5) is 19.6. The molecule has 2 aromatic carbocycles. The molecule has 1 atom stereocenters. The van der Waals surface area contributed by atoms with Gasteiger partial charge in [-0.25, -0.2) is 4.99 Å². The lowest BCUT2D eigenvalue weighted by Gasteiger charge is -2.15. The van der Waals surface area contributed by atoms with Gasteiger partial charge in [-0.15, -0.1) is 0 Å². The predicted octanol–water partition coefficient (Wildman–Crippen LogP) is 4.69. The van der Waals surface area contributed by atoms with Crippen LogP contribution < -0.4 is 14.2 Å². The molecule has 0 aliphatic carbocycles. The second-order valence-electron chi connectivity index (χ2n) is 6.81. The molecule has 0 unspecified atom stereocenters. The number of ether oxygens (including phenoxy) is 3. The summed E-state index contributed by atoms with van der Waals surface area (Å²) < 4.78 is 16.2. The second-order valence-corrected chi connectivity index (χ2v) is 7.98. The molecule has 1 heterocycles. The lowest BCUT2D eigenvalue weighted by atomic mass is 10.1. The number of rotatable bonds is 9. The van der Waals surface area contributed by atoms with Gasteiger partial charge >= 0.3 is 0 Å². The van der Waals surface area contributed by atoms with Crippen LogP contribution in [0.1, 0.15) is 25.8 Å². The normalized spacial score (nSPS) is 17.5. The molecule has 1 amide bonds. The van der Waals surface area contributed by atoms with E-state index in [2.05, 4.69) is 6.92 Å². The van der Waals surface area contributed by atoms with E-state index in [0.717, 1.165) is 28.6 Å². The van der Waals surface area contributed by atoms with Crippen molar-refractivity contribution in [3.8, 4) is 17.2 Å². The van der Waals surface area contributed by atoms with Gasteiger partial charge < -0.3 is 14.2 Å². The Balaban J connectivity index is 1.80. The highest BCUT2D eigenvalue weighted by Crippen LogP contribution is 2.34. The van der Waals surface area contributed by atoms with Gasteiger partial charge in [0.2, 0.25) is 5.91 Å². The van der Waals surface area contributed by atoms with E-state index in [1.807, 2.05) is 49.4 Å². The van der Waals surface area contributed by atoms with Crippen molar-refractivity contribution in [3.63, 3.8) is 0 Å². The first-order chi connectivity index (χ1) is 14.6. The molecule has 160 valence electrons. The van der Waals surface area contributed by atoms with Gasteiger partial charge in [0.1, 0.15) is 5.75 Å². The number of thioether (sulfide) groups is 1. The number of nitrogens with zero attached hydrogens (tertiary/aromatic N) is 2. The van der Waals surface area contributed by atoms with E-state index in [4.69, 9.17) is 19.2 Å². The van der Waals surface area contributed by atoms with E-state index >= 15 is 0 Å². The maximum atomic E-state index is 13.1. The summed E-state index contributed by atoms with van der Waals surface area (Å²) in [6.45, 7) is 5.30. The van der Waals surface area contributed by atoms with Gasteiger partial charge in [0.05, 0.1) is 31.8 Å². The van der Waals surface area contributed by atoms with E-state index in [1.165, 1.54) is 11.8 Å². The van der Waals surface area contributed by atoms with Gasteiger partial charge in [-0.3, -0.25) is 9.69 Å². The third-order valence-electron chi connectivity index (χ3n) is 4.71. The van der Waals surface area contributed by atoms with Crippen LogP contribution in [0.15, 0.2) is 47.5 Å². The van der Waals surface area contributed by atoms with Crippen LogP contribution in [0.4, 0.5) is 5.69 Å². The molecule has 6 nitrogen and oxygen atoms in total. The fourth-order valence-electron chi connectivity index (χ4n) is 3.27. The first kappa shape index (κ1) is 22.0. The SMILES string of the molecule is CCCN1C(=O)[C@@H](Cc2ccc(OC)c(OC)c2)SC1=Nc1ccc(OCC)cc1. The van der Waals surface area contributed by atoms with Crippen molar-refractivity contribution in [2.24, 2.45) is 4.99 Å². The van der Waals surface area contributed by atoms with Crippen molar-refractivity contribution in [1.82, 2.24) is 4.90 Å². The summed E-state index contributed by atoms with van der Waals surface area (Å²) in [7, 11) is 3.22. The van der Waals surface area contributed by atoms with Crippen LogP contribution in [0.25, 0.3) is 0 Å². The number of amides is 1. The number of amidine groups is 1. The van der Waals surface area contributed by atoms with Gasteiger partial charge in [-0.05, 0) is 61.7 Å². The number of hydrogen-bond donors (Lipinski definition) is 0. The number of carbonyl (C=O) groups excluding carboxylic acids is 1. The monoisotopic (exact) mass is 428 g/mol. The van der Waals surface area contributed by atoms with E-state index in [9.17, 15) is 4.79 Å². The Labute approximate surface area is 182 Å². The van der Waals surface area contributed by atoms with Crippen molar-refractivity contribution in [3.05, 3.63) is 48.0 Å². The van der Waals surface area contributed by atoms with Crippen molar-refractivity contribution in [2.75, 3.05) is 27.4 Å². The zero-order valence-electron chi connectivity index (χ0n) is 17.9. The van der Waals surface area contributed by atoms with Gasteiger partial charge in [0, 0.05) is 6.54 Å². The fraction of sp³-hybridized carbons (Fsp3) is 0.391. The average Bonchev–Trinajstić information content (AvgIpc) is 3.04. The van der Waals surface area contributed by atoms with Crippen LogP contribution in [0.5, 0.6) is 17.2 Å². The average molecular weight is 429 g/mol. The Morgan fingerprint density at radius 3 is 2.40 bits per heavy atom. The second kappa shape index (κ2) is 10.4. The van der Waals surface area contributed by atoms with E-state index < -0.39 is 0 Å². The third-order valence-corrected chi connectivity index (χ3v) is 5.88. The van der Waals surface area contributed by atoms with Gasteiger partial charge in [0.15, 0.2) is 16.7 Å². The van der Waals surface area contributed by atoms with E-state index in [1.54, 1.807) is 19.1 Å². The Kier molecular flexibility index (Phi) is 7.63. The molecule has 0 N–H and O–H groups in total. The standard InChI is InChI=1S/C23H28N2O4S/c1-5-13-25-22(26)21(15-16-7-12-19(27-3)20(14-16)28-4)30-23(25)24-17-8-10-18(11-9-17)29-6-2/h7-12,14,21H,5-6,13,15H2,1-4H3/t21-/m1/s1. The van der Waals surface area contributed by atoms with Crippen LogP contribution >= 0.6 is 11.8 Å². The molecule has 3 rings (SSSR count). The summed E-state index contributed by atoms with van der Waals surface area (Å²) in [5.74, 6) is 2.26. The van der Waals surface area contributed by atoms with Crippen LogP contribution in [0.2, 0.25) is 0 Å². The lowest BCUT2D eigenvalue weighted by molar-refractivity contribution is -0.126. The number of methoxy groups -OCH3 is 2. The quantitative estimate of drug-likeness (QED) is 0.580. The van der Waals surface area contributed by atoms with Crippen LogP contribution in [0.3, 0.4) is 0 Å². The molecular formula is C23H28N2O4S. The first-order valence-corrected chi connectivity index (χ1v) is 11.0. The van der Waals surface area contributed by atoms with E-state index in [0.29, 0.717) is 31.1 Å². The van der Waals surface area contributed by atoms with Crippen molar-refractivity contribution in [1.29, 1.82) is 0 Å². The molecule has 2 aromatic rings. The molecule has 0 radical (unpaired) electrons. The molecule has 1 saturated heterocycles. The van der Waals surface area contributed by atoms with Crippen LogP contribution in [-0.4, -0.2) is 48.6 Å². The van der Waals surface area contributed by atoms with E-state index in [-0.39, 0.29) is 11.2 Å². The number of carbonyl (C=O) groups is 1. The van der Waals surface area contributed by atoms with Crippen LogP contribution in [0, 0.1) is 0 Å². The fourth-order valence-corrected chi connectivity index (χ4v) is 4.50. The highest BCUT2D eigenvalue weighted by Gasteiger charge is 2.37. The molecule has 0 bridgehead atoms. The minimum absolute atomic E-state index is 0.0984. The molecule has 1 aliphatic heterocycles. The Bertz CT molecular complexity index is 899. The molecule has 0 saturated carbocycles. The molecule has 0 aromatic heterocycles. The number of benzene rings is 2. The zero-order chi connectivity index (χ0) is 21.5. The topological polar surface area (TPSA) is 60.4 Å². The summed E-state index contributed by atoms with van der Waals surface area (Å²) in [6, 6.07) is 13.4. The smallest absolute Gasteiger partial charge is 0.242 e. The Morgan fingerprint density at radius 1 is 1.03 bits per heavy atom. The molecule has 30 heavy (non-hydrogen) atoms. The first-order valence-electron chi connectivity index (χ1n) is 10.1. The minimum atomic E-state index is -0.212. The highest BCUT2D eigenvalue weighted by atomic mass is 32.2. The number of aliphatic imine (C=N–C) groups is 1. The zero-order valence-corrected chi connectivity index (χ0v) is 18.7. The summed E-state index contributed by atoms with van der Waals surface area (Å²) in [5.41, 5.74) is 1.83. The molecule has 7 heteroatoms. The summed E-state index contributed by atoms with van der Waals surface area (Å²) >= 11 is 1.52. The van der Waals surface area contributed by atoms with Crippen molar-refractivity contribution < 1.29 is 19.0 Å². The summed E-state index contributed by atoms with van der Waals surface area (Å²) in [5, 5.41) is 0.535. The van der Waals surface area contributed by atoms with Crippen LogP contribution in [-0.2, 0) is 11.2 Å². The molecular weight excluding hydrogens is 400 g/mol. The van der Waals surface area contributed by atoms with Gasteiger partial charge in [0.25, 0.3) is 0 Å². The minimum Gasteiger partial charge on any atom is -0.494 e. The Hall–Kier alpha value is -2.67. The highest BCUT2D eigenvalue weighted by molar-refractivity contribution is 8.15. The number of hydrogen-bond acceptors (Lipinski definition) is 6. The maximum Gasteiger partial charge on any atom is 0.242 e. The maximum absolute atomic E-state index is 13.1. The van der Waals surface area contributed by atoms with Gasteiger partial charge in [-0.1, -0.05) is 24.8 Å². The van der Waals surface area contributed by atoms with Crippen molar-refractivity contribution in [2.45, 2.75) is 31.9 Å². The summed E-state index contributed by atoms with van der Waals surface area (Å²) in [6.07, 6.45) is 1.48. The van der Waals surface area contributed by atoms with Crippen molar-refractivity contribution >= 4 is 28.5 Å². The lowest BCUT2D eigenvalue weighted by Crippen LogP contribution is -2.33. The molecule has 0 spiro atoms. The predicted molar refractivity (Wildman–Crippen MR) is 121 cm³/mol. The Morgan fingerprint density at radius 2 is 1.77 bits per heavy atom. The largest absolute Gasteiger partial charge is 0.494 e. The molecule has 1 aliphatic rings. The molecule has 1 fully saturated rings. The van der Waals surface area contributed by atoms with Gasteiger partial charge in [-0.2, -0.15) is 0 Å². The third kappa shape index (κ3) is 5.08.